The van der Waals surface area contributed by atoms with Crippen LogP contribution in [0.3, 0.4) is 0 Å². The number of aryl methyl sites for hydroxylation is 1. The molecule has 6 nitrogen and oxygen atoms in total. The fourth-order valence-corrected chi connectivity index (χ4v) is 3.45. The zero-order chi connectivity index (χ0) is 17.1. The first-order valence-electron chi connectivity index (χ1n) is 8.17. The molecule has 0 radical (unpaired) electrons. The minimum atomic E-state index is 0.320. The molecule has 3 heterocycles. The minimum Gasteiger partial charge on any atom is -0.363 e. The van der Waals surface area contributed by atoms with Crippen LogP contribution in [0.4, 0.5) is 17.6 Å². The maximum atomic E-state index is 4.59. The van der Waals surface area contributed by atoms with Crippen LogP contribution >= 0.6 is 15.9 Å². The van der Waals surface area contributed by atoms with Crippen LogP contribution in [0.2, 0.25) is 0 Å². The lowest BCUT2D eigenvalue weighted by Gasteiger charge is -2.34. The average molecular weight is 391 g/mol. The number of halogens is 1. The molecular formula is C17H23BrN6. The molecule has 1 atom stereocenters. The number of rotatable bonds is 4. The van der Waals surface area contributed by atoms with E-state index in [4.69, 9.17) is 0 Å². The van der Waals surface area contributed by atoms with Crippen LogP contribution in [-0.4, -0.2) is 48.2 Å². The van der Waals surface area contributed by atoms with Crippen LogP contribution in [0.1, 0.15) is 18.4 Å². The van der Waals surface area contributed by atoms with E-state index >= 15 is 0 Å². The Balaban J connectivity index is 1.70. The van der Waals surface area contributed by atoms with E-state index in [1.54, 1.807) is 6.20 Å². The van der Waals surface area contributed by atoms with E-state index in [1.807, 2.05) is 31.3 Å². The predicted octanol–water partition coefficient (Wildman–Crippen LogP) is 3.09. The zero-order valence-corrected chi connectivity index (χ0v) is 15.9. The molecule has 0 saturated carbocycles. The average Bonchev–Trinajstić information content (AvgIpc) is 2.55. The van der Waals surface area contributed by atoms with Crippen molar-refractivity contribution in [3.05, 3.63) is 34.6 Å². The second kappa shape index (κ2) is 7.34. The van der Waals surface area contributed by atoms with Gasteiger partial charge in [-0.3, -0.25) is 0 Å². The van der Waals surface area contributed by atoms with E-state index < -0.39 is 0 Å². The van der Waals surface area contributed by atoms with E-state index in [2.05, 4.69) is 54.1 Å². The standard InChI is InChI=1S/C17H23BrN6/c1-12-9-13(18)10-20-16(12)24-8-4-5-14(11-24)21-17-19-7-6-15(22-17)23(2)3/h6-7,9-10,14H,4-5,8,11H2,1-3H3,(H,19,21,22). The maximum absolute atomic E-state index is 4.59. The fraction of sp³-hybridized carbons (Fsp3) is 0.471. The molecule has 1 unspecified atom stereocenters. The van der Waals surface area contributed by atoms with Crippen molar-refractivity contribution < 1.29 is 0 Å². The summed E-state index contributed by atoms with van der Waals surface area (Å²) in [6, 6.07) is 4.34. The fourth-order valence-electron chi connectivity index (χ4n) is 3.00. The van der Waals surface area contributed by atoms with E-state index in [9.17, 15) is 0 Å². The molecule has 24 heavy (non-hydrogen) atoms. The highest BCUT2D eigenvalue weighted by molar-refractivity contribution is 9.10. The van der Waals surface area contributed by atoms with Crippen molar-refractivity contribution in [2.75, 3.05) is 42.3 Å². The van der Waals surface area contributed by atoms with Gasteiger partial charge < -0.3 is 15.1 Å². The Bertz CT molecular complexity index is 705. The number of piperidine rings is 1. The Morgan fingerprint density at radius 2 is 2.17 bits per heavy atom. The number of nitrogens with zero attached hydrogens (tertiary/aromatic N) is 5. The molecule has 7 heteroatoms. The van der Waals surface area contributed by atoms with E-state index in [0.29, 0.717) is 12.0 Å². The Labute approximate surface area is 151 Å². The van der Waals surface area contributed by atoms with Gasteiger partial charge in [-0.05, 0) is 53.4 Å². The Kier molecular flexibility index (Phi) is 5.18. The molecule has 1 fully saturated rings. The predicted molar refractivity (Wildman–Crippen MR) is 102 cm³/mol. The molecule has 0 bridgehead atoms. The Morgan fingerprint density at radius 1 is 1.33 bits per heavy atom. The van der Waals surface area contributed by atoms with Gasteiger partial charge in [0.15, 0.2) is 0 Å². The summed E-state index contributed by atoms with van der Waals surface area (Å²) in [4.78, 5) is 17.8. The lowest BCUT2D eigenvalue weighted by atomic mass is 10.1. The molecule has 1 aliphatic rings. The van der Waals surface area contributed by atoms with Crippen LogP contribution < -0.4 is 15.1 Å². The first-order valence-corrected chi connectivity index (χ1v) is 8.96. The maximum Gasteiger partial charge on any atom is 0.224 e. The monoisotopic (exact) mass is 390 g/mol. The normalized spacial score (nSPS) is 17.7. The molecule has 1 aliphatic heterocycles. The van der Waals surface area contributed by atoms with Crippen molar-refractivity contribution in [2.45, 2.75) is 25.8 Å². The molecule has 1 saturated heterocycles. The summed E-state index contributed by atoms with van der Waals surface area (Å²) in [5, 5.41) is 3.48. The van der Waals surface area contributed by atoms with Gasteiger partial charge in [0.25, 0.3) is 0 Å². The molecule has 2 aromatic heterocycles. The topological polar surface area (TPSA) is 57.2 Å². The van der Waals surface area contributed by atoms with Crippen LogP contribution in [0.25, 0.3) is 0 Å². The highest BCUT2D eigenvalue weighted by Gasteiger charge is 2.22. The summed E-state index contributed by atoms with van der Waals surface area (Å²) in [6.07, 6.45) is 5.90. The highest BCUT2D eigenvalue weighted by atomic mass is 79.9. The molecule has 2 aromatic rings. The first-order chi connectivity index (χ1) is 11.5. The van der Waals surface area contributed by atoms with Gasteiger partial charge in [-0.1, -0.05) is 0 Å². The largest absolute Gasteiger partial charge is 0.363 e. The molecule has 0 spiro atoms. The Hall–Kier alpha value is -1.89. The summed E-state index contributed by atoms with van der Waals surface area (Å²) >= 11 is 3.48. The van der Waals surface area contributed by atoms with E-state index in [-0.39, 0.29) is 0 Å². The SMILES string of the molecule is Cc1cc(Br)cnc1N1CCCC(Nc2nccc(N(C)C)n2)C1. The molecular weight excluding hydrogens is 368 g/mol. The quantitative estimate of drug-likeness (QED) is 0.865. The van der Waals surface area contributed by atoms with Gasteiger partial charge in [0.05, 0.1) is 0 Å². The third kappa shape index (κ3) is 3.95. The second-order valence-electron chi connectivity index (χ2n) is 6.36. The summed E-state index contributed by atoms with van der Waals surface area (Å²) in [5.74, 6) is 2.66. The van der Waals surface area contributed by atoms with Gasteiger partial charge in [-0.2, -0.15) is 4.98 Å². The van der Waals surface area contributed by atoms with Gasteiger partial charge in [-0.15, -0.1) is 0 Å². The molecule has 0 aromatic carbocycles. The number of pyridine rings is 1. The second-order valence-corrected chi connectivity index (χ2v) is 7.27. The number of nitrogens with one attached hydrogen (secondary N) is 1. The number of aromatic nitrogens is 3. The van der Waals surface area contributed by atoms with Crippen molar-refractivity contribution in [3.63, 3.8) is 0 Å². The summed E-state index contributed by atoms with van der Waals surface area (Å²) in [7, 11) is 3.97. The zero-order valence-electron chi connectivity index (χ0n) is 14.3. The van der Waals surface area contributed by atoms with Crippen LogP contribution in [-0.2, 0) is 0 Å². The smallest absolute Gasteiger partial charge is 0.224 e. The van der Waals surface area contributed by atoms with Gasteiger partial charge in [0, 0.05) is 50.1 Å². The molecule has 0 aliphatic carbocycles. The summed E-state index contributed by atoms with van der Waals surface area (Å²) in [5.41, 5.74) is 1.19. The Morgan fingerprint density at radius 3 is 2.92 bits per heavy atom. The third-order valence-corrected chi connectivity index (χ3v) is 4.60. The number of anilines is 3. The first kappa shape index (κ1) is 17.0. The van der Waals surface area contributed by atoms with E-state index in [1.165, 1.54) is 5.56 Å². The molecule has 0 amide bonds. The van der Waals surface area contributed by atoms with Gasteiger partial charge in [0.1, 0.15) is 11.6 Å². The van der Waals surface area contributed by atoms with Crippen LogP contribution in [0, 0.1) is 6.92 Å². The van der Waals surface area contributed by atoms with Crippen molar-refractivity contribution in [1.82, 2.24) is 15.0 Å². The third-order valence-electron chi connectivity index (χ3n) is 4.17. The van der Waals surface area contributed by atoms with Crippen molar-refractivity contribution in [3.8, 4) is 0 Å². The van der Waals surface area contributed by atoms with Crippen LogP contribution in [0.15, 0.2) is 29.0 Å². The summed E-state index contributed by atoms with van der Waals surface area (Å²) in [6.45, 7) is 4.05. The van der Waals surface area contributed by atoms with Crippen LogP contribution in [0.5, 0.6) is 0 Å². The van der Waals surface area contributed by atoms with Crippen molar-refractivity contribution in [1.29, 1.82) is 0 Å². The van der Waals surface area contributed by atoms with Crippen molar-refractivity contribution >= 4 is 33.5 Å². The summed E-state index contributed by atoms with van der Waals surface area (Å²) < 4.78 is 1.02. The minimum absolute atomic E-state index is 0.320. The van der Waals surface area contributed by atoms with Gasteiger partial charge >= 0.3 is 0 Å². The molecule has 1 N–H and O–H groups in total. The van der Waals surface area contributed by atoms with Crippen molar-refractivity contribution in [2.24, 2.45) is 0 Å². The number of hydrogen-bond acceptors (Lipinski definition) is 6. The van der Waals surface area contributed by atoms with Gasteiger partial charge in [-0.25, -0.2) is 9.97 Å². The van der Waals surface area contributed by atoms with E-state index in [0.717, 1.165) is 42.0 Å². The molecule has 3 rings (SSSR count). The number of hydrogen-bond donors (Lipinski definition) is 1. The van der Waals surface area contributed by atoms with Gasteiger partial charge in [0.2, 0.25) is 5.95 Å². The highest BCUT2D eigenvalue weighted by Crippen LogP contribution is 2.24. The molecule has 128 valence electrons. The lowest BCUT2D eigenvalue weighted by Crippen LogP contribution is -2.43. The lowest BCUT2D eigenvalue weighted by molar-refractivity contribution is 0.523.